The van der Waals surface area contributed by atoms with Crippen molar-refractivity contribution in [2.75, 3.05) is 0 Å². The lowest BCUT2D eigenvalue weighted by atomic mass is 9.98. The van der Waals surface area contributed by atoms with E-state index in [0.717, 1.165) is 24.2 Å². The Hall–Kier alpha value is -2.76. The summed E-state index contributed by atoms with van der Waals surface area (Å²) >= 11 is 0. The predicted molar refractivity (Wildman–Crippen MR) is 116 cm³/mol. The van der Waals surface area contributed by atoms with Gasteiger partial charge in [-0.15, -0.1) is 0 Å². The average Bonchev–Trinajstić information content (AvgIpc) is 2.96. The summed E-state index contributed by atoms with van der Waals surface area (Å²) in [5.74, 6) is -2.06. The van der Waals surface area contributed by atoms with Crippen molar-refractivity contribution < 1.29 is 19.5 Å². The highest BCUT2D eigenvalue weighted by Crippen LogP contribution is 2.30. The van der Waals surface area contributed by atoms with Crippen LogP contribution < -0.4 is 0 Å². The van der Waals surface area contributed by atoms with Crippen molar-refractivity contribution >= 4 is 23.4 Å². The molecule has 1 aromatic rings. The number of rotatable bonds is 10. The van der Waals surface area contributed by atoms with Gasteiger partial charge in [-0.3, -0.25) is 24.3 Å². The quantitative estimate of drug-likeness (QED) is 0.262. The second-order valence-corrected chi connectivity index (χ2v) is 8.09. The zero-order valence-electron chi connectivity index (χ0n) is 18.1. The fourth-order valence-electron chi connectivity index (χ4n) is 3.57. The first-order chi connectivity index (χ1) is 14.4. The molecule has 0 aliphatic carbocycles. The molecule has 1 unspecified atom stereocenters. The van der Waals surface area contributed by atoms with Crippen molar-refractivity contribution in [1.82, 2.24) is 9.88 Å². The number of aliphatic hydroxyl groups excluding tert-OH is 1. The Morgan fingerprint density at radius 1 is 1.17 bits per heavy atom. The number of nitrogens with zero attached hydrogens (tertiary/aromatic N) is 2. The number of carbonyl (C=O) groups is 3. The summed E-state index contributed by atoms with van der Waals surface area (Å²) in [6.07, 6.45) is 12.8. The first-order valence-electron chi connectivity index (χ1n) is 10.8. The number of hydrogen-bond donors (Lipinski definition) is 1. The summed E-state index contributed by atoms with van der Waals surface area (Å²) in [5.41, 5.74) is -0.00455. The summed E-state index contributed by atoms with van der Waals surface area (Å²) in [6, 6.07) is 2.14. The van der Waals surface area contributed by atoms with Crippen LogP contribution in [0, 0.1) is 5.92 Å². The van der Waals surface area contributed by atoms with Crippen molar-refractivity contribution in [1.29, 1.82) is 0 Å². The van der Waals surface area contributed by atoms with Crippen molar-refractivity contribution in [3.63, 3.8) is 0 Å². The fraction of sp³-hybridized carbons (Fsp3) is 0.500. The van der Waals surface area contributed by atoms with Gasteiger partial charge in [-0.1, -0.05) is 52.5 Å². The van der Waals surface area contributed by atoms with E-state index in [1.54, 1.807) is 6.08 Å². The maximum absolute atomic E-state index is 13.0. The number of imide groups is 1. The molecule has 2 rings (SSSR count). The van der Waals surface area contributed by atoms with Gasteiger partial charge in [-0.25, -0.2) is 0 Å². The highest BCUT2D eigenvalue weighted by Gasteiger charge is 2.47. The summed E-state index contributed by atoms with van der Waals surface area (Å²) < 4.78 is 0. The molecular formula is C24H32N2O4. The molecule has 2 heterocycles. The van der Waals surface area contributed by atoms with Crippen LogP contribution in [0.5, 0.6) is 0 Å². The smallest absolute Gasteiger partial charge is 0.268 e. The molecule has 1 aliphatic rings. The second-order valence-electron chi connectivity index (χ2n) is 8.09. The molecule has 0 spiro atoms. The van der Waals surface area contributed by atoms with E-state index in [2.05, 4.69) is 11.9 Å². The van der Waals surface area contributed by atoms with Gasteiger partial charge in [-0.2, -0.15) is 0 Å². The van der Waals surface area contributed by atoms with Gasteiger partial charge in [0.25, 0.3) is 11.8 Å². The lowest BCUT2D eigenvalue weighted by Crippen LogP contribution is -2.40. The Morgan fingerprint density at radius 3 is 2.47 bits per heavy atom. The minimum absolute atomic E-state index is 0.104. The number of hydrogen-bond acceptors (Lipinski definition) is 5. The molecule has 30 heavy (non-hydrogen) atoms. The molecule has 1 atom stereocenters. The highest BCUT2D eigenvalue weighted by molar-refractivity contribution is 6.34. The summed E-state index contributed by atoms with van der Waals surface area (Å²) in [4.78, 5) is 43.6. The number of aromatic nitrogens is 1. The van der Waals surface area contributed by atoms with E-state index in [-0.39, 0.29) is 11.5 Å². The number of allylic oxidation sites excluding steroid dienone is 1. The highest BCUT2D eigenvalue weighted by atomic mass is 16.3. The van der Waals surface area contributed by atoms with Gasteiger partial charge in [-0.05, 0) is 43.4 Å². The lowest BCUT2D eigenvalue weighted by Gasteiger charge is -2.21. The molecule has 0 bridgehead atoms. The zero-order chi connectivity index (χ0) is 22.1. The number of aliphatic hydroxyl groups is 1. The molecule has 1 N–H and O–H groups in total. The third-order valence-corrected chi connectivity index (χ3v) is 5.15. The molecule has 1 saturated heterocycles. The van der Waals surface area contributed by atoms with Gasteiger partial charge in [0.05, 0.1) is 0 Å². The van der Waals surface area contributed by atoms with Gasteiger partial charge in [0, 0.05) is 18.0 Å². The number of carbonyl (C=O) groups excluding carboxylic acids is 3. The van der Waals surface area contributed by atoms with Gasteiger partial charge in [0.2, 0.25) is 0 Å². The molecule has 1 fully saturated rings. The van der Waals surface area contributed by atoms with Crippen molar-refractivity contribution in [3.05, 3.63) is 47.8 Å². The van der Waals surface area contributed by atoms with E-state index in [9.17, 15) is 19.5 Å². The number of unbranched alkanes of at least 4 members (excludes halogenated alkanes) is 5. The number of likely N-dealkylation sites (tertiary alicyclic amines) is 1. The van der Waals surface area contributed by atoms with E-state index < -0.39 is 29.4 Å². The number of ketones is 1. The minimum atomic E-state index is -0.891. The summed E-state index contributed by atoms with van der Waals surface area (Å²) in [5, 5.41) is 10.6. The maximum Gasteiger partial charge on any atom is 0.268 e. The van der Waals surface area contributed by atoms with Crippen LogP contribution in [0.25, 0.3) is 5.76 Å². The van der Waals surface area contributed by atoms with Crippen LogP contribution in [0.2, 0.25) is 0 Å². The molecule has 1 aliphatic heterocycles. The van der Waals surface area contributed by atoms with Crippen molar-refractivity contribution in [2.45, 2.75) is 71.8 Å². The maximum atomic E-state index is 13.0. The first kappa shape index (κ1) is 23.5. The van der Waals surface area contributed by atoms with Gasteiger partial charge < -0.3 is 5.11 Å². The third-order valence-electron chi connectivity index (χ3n) is 5.15. The third kappa shape index (κ3) is 5.88. The molecule has 162 valence electrons. The molecule has 6 nitrogen and oxygen atoms in total. The predicted octanol–water partition coefficient (Wildman–Crippen LogP) is 4.62. The van der Waals surface area contributed by atoms with E-state index in [4.69, 9.17) is 0 Å². The first-order valence-corrected chi connectivity index (χ1v) is 10.8. The fourth-order valence-corrected chi connectivity index (χ4v) is 3.57. The van der Waals surface area contributed by atoms with Crippen LogP contribution in [0.4, 0.5) is 0 Å². The second kappa shape index (κ2) is 11.4. The van der Waals surface area contributed by atoms with E-state index in [0.29, 0.717) is 12.0 Å². The average molecular weight is 413 g/mol. The molecule has 0 saturated carbocycles. The summed E-state index contributed by atoms with van der Waals surface area (Å²) in [7, 11) is 0. The Labute approximate surface area is 178 Å². The minimum Gasteiger partial charge on any atom is -0.506 e. The lowest BCUT2D eigenvalue weighted by molar-refractivity contribution is -0.141. The molecule has 6 heteroatoms. The number of Topliss-reactive ketones (excluding diaryl/α,β-unsaturated/α-hetero) is 1. The van der Waals surface area contributed by atoms with E-state index >= 15 is 0 Å². The van der Waals surface area contributed by atoms with E-state index in [1.807, 2.05) is 13.8 Å². The molecule has 1 aromatic heterocycles. The molecule has 0 radical (unpaired) electrons. The molecule has 0 aromatic carbocycles. The Balaban J connectivity index is 2.21. The Kier molecular flexibility index (Phi) is 8.96. The van der Waals surface area contributed by atoms with Crippen LogP contribution in [0.1, 0.15) is 71.3 Å². The van der Waals surface area contributed by atoms with E-state index in [1.165, 1.54) is 49.9 Å². The van der Waals surface area contributed by atoms with Crippen LogP contribution in [0.15, 0.2) is 42.3 Å². The molecule has 2 amide bonds. The number of pyridine rings is 1. The van der Waals surface area contributed by atoms with Crippen LogP contribution in [-0.2, 0) is 14.4 Å². The zero-order valence-corrected chi connectivity index (χ0v) is 18.1. The van der Waals surface area contributed by atoms with Crippen LogP contribution in [-0.4, -0.2) is 38.6 Å². The van der Waals surface area contributed by atoms with Crippen LogP contribution >= 0.6 is 0 Å². The van der Waals surface area contributed by atoms with Gasteiger partial charge in [0.15, 0.2) is 5.78 Å². The van der Waals surface area contributed by atoms with Gasteiger partial charge >= 0.3 is 0 Å². The normalized spacial score (nSPS) is 18.7. The standard InChI is InChI=1S/C24H32N2O4/c1-4-5-6-7-8-9-10-11-20(27)26-19(16-17(2)3)23(29)21(24(26)30)22(28)18-12-14-25-15-13-18/h10-15,17,19,28H,4-9,16H2,1-3H3/b11-10+,22-21-. The Morgan fingerprint density at radius 2 is 1.83 bits per heavy atom. The molecular weight excluding hydrogens is 380 g/mol. The topological polar surface area (TPSA) is 87.6 Å². The monoisotopic (exact) mass is 412 g/mol. The van der Waals surface area contributed by atoms with Crippen molar-refractivity contribution in [2.24, 2.45) is 5.92 Å². The number of amides is 2. The summed E-state index contributed by atoms with van der Waals surface area (Å²) in [6.45, 7) is 6.02. The largest absolute Gasteiger partial charge is 0.506 e. The SMILES string of the molecule is CCCCCCC/C=C/C(=O)N1C(=O)/C(=C(\O)c2ccncc2)C(=O)C1CC(C)C. The Bertz CT molecular complexity index is 812. The van der Waals surface area contributed by atoms with Crippen molar-refractivity contribution in [3.8, 4) is 0 Å². The van der Waals surface area contributed by atoms with Gasteiger partial charge in [0.1, 0.15) is 17.4 Å². The van der Waals surface area contributed by atoms with Crippen LogP contribution in [0.3, 0.4) is 0 Å².